The highest BCUT2D eigenvalue weighted by Gasteiger charge is 2.16. The van der Waals surface area contributed by atoms with Crippen LogP contribution in [0.4, 0.5) is 0 Å². The van der Waals surface area contributed by atoms with Crippen LogP contribution in [0.25, 0.3) is 0 Å². The Morgan fingerprint density at radius 1 is 1.60 bits per heavy atom. The Hall–Kier alpha value is -1.84. The first kappa shape index (κ1) is 9.71. The molecule has 2 aromatic rings. The van der Waals surface area contributed by atoms with E-state index in [0.29, 0.717) is 11.1 Å². The lowest BCUT2D eigenvalue weighted by atomic mass is 10.1. The van der Waals surface area contributed by atoms with E-state index in [1.54, 1.807) is 16.9 Å². The minimum atomic E-state index is -0.0336. The lowest BCUT2D eigenvalue weighted by Crippen LogP contribution is -2.01. The van der Waals surface area contributed by atoms with E-state index in [1.165, 1.54) is 12.5 Å². The summed E-state index contributed by atoms with van der Waals surface area (Å²) in [6.45, 7) is 1.98. The van der Waals surface area contributed by atoms with Crippen molar-refractivity contribution >= 4 is 5.78 Å². The van der Waals surface area contributed by atoms with Gasteiger partial charge in [-0.1, -0.05) is 6.92 Å². The summed E-state index contributed by atoms with van der Waals surface area (Å²) in [4.78, 5) is 12.0. The number of carbonyl (C=O) groups excluding carboxylic acids is 1. The molecule has 2 rings (SSSR count). The van der Waals surface area contributed by atoms with E-state index in [9.17, 15) is 4.79 Å². The van der Waals surface area contributed by atoms with E-state index in [4.69, 9.17) is 4.42 Å². The smallest absolute Gasteiger partial charge is 0.199 e. The van der Waals surface area contributed by atoms with Crippen LogP contribution >= 0.6 is 0 Å². The molecule has 2 heterocycles. The first-order valence-electron chi connectivity index (χ1n) is 4.81. The van der Waals surface area contributed by atoms with Crippen molar-refractivity contribution in [3.8, 4) is 0 Å². The maximum atomic E-state index is 12.0. The average Bonchev–Trinajstić information content (AvgIpc) is 2.84. The molecule has 4 nitrogen and oxygen atoms in total. The van der Waals surface area contributed by atoms with Crippen LogP contribution < -0.4 is 0 Å². The summed E-state index contributed by atoms with van der Waals surface area (Å²) in [6.07, 6.45) is 5.44. The fourth-order valence-corrected chi connectivity index (χ4v) is 1.53. The van der Waals surface area contributed by atoms with Crippen molar-refractivity contribution in [1.29, 1.82) is 0 Å². The highest BCUT2D eigenvalue weighted by Crippen LogP contribution is 2.14. The van der Waals surface area contributed by atoms with Gasteiger partial charge < -0.3 is 4.42 Å². The maximum absolute atomic E-state index is 12.0. The number of furan rings is 1. The molecule has 0 aromatic carbocycles. The second-order valence-corrected chi connectivity index (χ2v) is 3.36. The lowest BCUT2D eigenvalue weighted by molar-refractivity contribution is 0.103. The highest BCUT2D eigenvalue weighted by molar-refractivity contribution is 6.09. The van der Waals surface area contributed by atoms with Crippen molar-refractivity contribution in [2.75, 3.05) is 0 Å². The molecule has 0 aliphatic carbocycles. The molecule has 2 aromatic heterocycles. The van der Waals surface area contributed by atoms with Crippen LogP contribution in [0.5, 0.6) is 0 Å². The largest absolute Gasteiger partial charge is 0.472 e. The fourth-order valence-electron chi connectivity index (χ4n) is 1.53. The van der Waals surface area contributed by atoms with Crippen LogP contribution in [0.3, 0.4) is 0 Å². The Morgan fingerprint density at radius 2 is 2.40 bits per heavy atom. The highest BCUT2D eigenvalue weighted by atomic mass is 16.3. The second-order valence-electron chi connectivity index (χ2n) is 3.36. The van der Waals surface area contributed by atoms with E-state index in [0.717, 1.165) is 12.1 Å². The average molecular weight is 204 g/mol. The van der Waals surface area contributed by atoms with Crippen LogP contribution in [0, 0.1) is 0 Å². The van der Waals surface area contributed by atoms with E-state index in [1.807, 2.05) is 14.0 Å². The number of aromatic nitrogens is 2. The molecule has 0 saturated heterocycles. The second kappa shape index (κ2) is 3.73. The molecule has 0 saturated carbocycles. The van der Waals surface area contributed by atoms with Gasteiger partial charge in [0.05, 0.1) is 23.1 Å². The van der Waals surface area contributed by atoms with Crippen LogP contribution in [0.2, 0.25) is 0 Å². The quantitative estimate of drug-likeness (QED) is 0.716. The predicted octanol–water partition coefficient (Wildman–Crippen LogP) is 1.81. The lowest BCUT2D eigenvalue weighted by Gasteiger charge is -1.95. The summed E-state index contributed by atoms with van der Waals surface area (Å²) < 4.78 is 6.55. The Labute approximate surface area is 87.5 Å². The monoisotopic (exact) mass is 204 g/mol. The first-order chi connectivity index (χ1) is 7.22. The van der Waals surface area contributed by atoms with Gasteiger partial charge in [-0.15, -0.1) is 0 Å². The van der Waals surface area contributed by atoms with Crippen molar-refractivity contribution in [2.24, 2.45) is 7.05 Å². The SMILES string of the molecule is CCc1nn(C)cc1C(=O)c1ccoc1. The number of rotatable bonds is 3. The third-order valence-corrected chi connectivity index (χ3v) is 2.27. The number of carbonyl (C=O) groups is 1. The maximum Gasteiger partial charge on any atom is 0.199 e. The van der Waals surface area contributed by atoms with Crippen molar-refractivity contribution in [1.82, 2.24) is 9.78 Å². The zero-order valence-corrected chi connectivity index (χ0v) is 8.73. The van der Waals surface area contributed by atoms with Crippen LogP contribution in [-0.2, 0) is 13.5 Å². The van der Waals surface area contributed by atoms with E-state index >= 15 is 0 Å². The van der Waals surface area contributed by atoms with Crippen molar-refractivity contribution < 1.29 is 9.21 Å². The number of nitrogens with zero attached hydrogens (tertiary/aromatic N) is 2. The van der Waals surface area contributed by atoms with Crippen LogP contribution in [0.1, 0.15) is 28.5 Å². The van der Waals surface area contributed by atoms with Gasteiger partial charge in [0.2, 0.25) is 0 Å². The Balaban J connectivity index is 2.41. The van der Waals surface area contributed by atoms with Gasteiger partial charge >= 0.3 is 0 Å². The molecule has 0 N–H and O–H groups in total. The normalized spacial score (nSPS) is 10.5. The van der Waals surface area contributed by atoms with Gasteiger partial charge in [-0.25, -0.2) is 0 Å². The third kappa shape index (κ3) is 1.70. The van der Waals surface area contributed by atoms with Gasteiger partial charge in [0, 0.05) is 13.2 Å². The third-order valence-electron chi connectivity index (χ3n) is 2.27. The Morgan fingerprint density at radius 3 is 3.00 bits per heavy atom. The molecular weight excluding hydrogens is 192 g/mol. The minimum Gasteiger partial charge on any atom is -0.472 e. The molecule has 0 fully saturated rings. The summed E-state index contributed by atoms with van der Waals surface area (Å²) in [5.74, 6) is -0.0336. The molecule has 4 heteroatoms. The standard InChI is InChI=1S/C11H12N2O2/c1-3-10-9(6-13(2)12-10)11(14)8-4-5-15-7-8/h4-7H,3H2,1-2H3. The zero-order valence-electron chi connectivity index (χ0n) is 8.73. The molecule has 0 aliphatic rings. The molecular formula is C11H12N2O2. The summed E-state index contributed by atoms with van der Waals surface area (Å²) in [5.41, 5.74) is 2.04. The summed E-state index contributed by atoms with van der Waals surface area (Å²) >= 11 is 0. The molecule has 0 aliphatic heterocycles. The first-order valence-corrected chi connectivity index (χ1v) is 4.81. The molecule has 0 unspecified atom stereocenters. The van der Waals surface area contributed by atoms with E-state index in [-0.39, 0.29) is 5.78 Å². The van der Waals surface area contributed by atoms with E-state index in [2.05, 4.69) is 5.10 Å². The zero-order chi connectivity index (χ0) is 10.8. The molecule has 0 atom stereocenters. The number of hydrogen-bond donors (Lipinski definition) is 0. The number of ketones is 1. The summed E-state index contributed by atoms with van der Waals surface area (Å²) in [6, 6.07) is 1.66. The minimum absolute atomic E-state index is 0.0336. The molecule has 0 spiro atoms. The van der Waals surface area contributed by atoms with Gasteiger partial charge in [0.15, 0.2) is 5.78 Å². The van der Waals surface area contributed by atoms with E-state index < -0.39 is 0 Å². The van der Waals surface area contributed by atoms with Crippen LogP contribution in [-0.4, -0.2) is 15.6 Å². The summed E-state index contributed by atoms with van der Waals surface area (Å²) in [7, 11) is 1.81. The molecule has 78 valence electrons. The van der Waals surface area contributed by atoms with Gasteiger partial charge in [-0.3, -0.25) is 9.48 Å². The fraction of sp³-hybridized carbons (Fsp3) is 0.273. The van der Waals surface area contributed by atoms with Gasteiger partial charge in [0.25, 0.3) is 0 Å². The molecule has 0 amide bonds. The number of aryl methyl sites for hydroxylation is 2. The van der Waals surface area contributed by atoms with Crippen molar-refractivity contribution in [2.45, 2.75) is 13.3 Å². The summed E-state index contributed by atoms with van der Waals surface area (Å²) in [5, 5.41) is 4.23. The molecule has 0 radical (unpaired) electrons. The topological polar surface area (TPSA) is 48.0 Å². The Kier molecular flexibility index (Phi) is 2.41. The van der Waals surface area contributed by atoms with Gasteiger partial charge in [0.1, 0.15) is 6.26 Å². The van der Waals surface area contributed by atoms with Crippen LogP contribution in [0.15, 0.2) is 29.2 Å². The van der Waals surface area contributed by atoms with Crippen molar-refractivity contribution in [3.63, 3.8) is 0 Å². The van der Waals surface area contributed by atoms with Crippen molar-refractivity contribution in [3.05, 3.63) is 41.6 Å². The van der Waals surface area contributed by atoms with Gasteiger partial charge in [-0.05, 0) is 12.5 Å². The molecule has 15 heavy (non-hydrogen) atoms. The van der Waals surface area contributed by atoms with Gasteiger partial charge in [-0.2, -0.15) is 5.10 Å². The Bertz CT molecular complexity index is 469. The number of hydrogen-bond acceptors (Lipinski definition) is 3. The predicted molar refractivity (Wildman–Crippen MR) is 54.7 cm³/mol. The molecule has 0 bridgehead atoms.